The molecule has 0 amide bonds. The molecule has 0 radical (unpaired) electrons. The molecule has 0 unspecified atom stereocenters. The topological polar surface area (TPSA) is 94.5 Å². The summed E-state index contributed by atoms with van der Waals surface area (Å²) in [5.41, 5.74) is -1.96. The first kappa shape index (κ1) is 13.3. The lowest BCUT2D eigenvalue weighted by Crippen LogP contribution is -2.66. The predicted molar refractivity (Wildman–Crippen MR) is 59.9 cm³/mol. The van der Waals surface area contributed by atoms with Crippen LogP contribution in [0.1, 0.15) is 26.7 Å². The third kappa shape index (κ3) is 1.53. The van der Waals surface area contributed by atoms with Gasteiger partial charge in [-0.05, 0) is 20.3 Å². The van der Waals surface area contributed by atoms with Crippen LogP contribution in [0.2, 0.25) is 0 Å². The van der Waals surface area contributed by atoms with Crippen molar-refractivity contribution in [2.75, 3.05) is 13.2 Å². The highest BCUT2D eigenvalue weighted by atomic mass is 16.9. The Labute approximate surface area is 110 Å². The zero-order valence-electron chi connectivity index (χ0n) is 10.9. The molecule has 0 aromatic carbocycles. The van der Waals surface area contributed by atoms with Gasteiger partial charge in [-0.3, -0.25) is 0 Å². The van der Waals surface area contributed by atoms with Gasteiger partial charge >= 0.3 is 5.97 Å². The number of carbonyl (C=O) groups excluding carboxylic acids is 1. The van der Waals surface area contributed by atoms with Crippen LogP contribution in [0.3, 0.4) is 0 Å². The van der Waals surface area contributed by atoms with Crippen LogP contribution in [0.25, 0.3) is 0 Å². The van der Waals surface area contributed by atoms with Crippen molar-refractivity contribution < 1.29 is 34.0 Å². The molecule has 7 nitrogen and oxygen atoms in total. The van der Waals surface area contributed by atoms with E-state index in [9.17, 15) is 15.0 Å². The lowest BCUT2D eigenvalue weighted by molar-refractivity contribution is -0.340. The Morgan fingerprint density at radius 2 is 2.21 bits per heavy atom. The van der Waals surface area contributed by atoms with Crippen LogP contribution in [0.5, 0.6) is 0 Å². The van der Waals surface area contributed by atoms with Crippen LogP contribution in [-0.2, 0) is 23.7 Å². The van der Waals surface area contributed by atoms with E-state index in [1.165, 1.54) is 0 Å². The molecule has 3 aliphatic rings. The second-order valence-corrected chi connectivity index (χ2v) is 5.40. The van der Waals surface area contributed by atoms with E-state index in [1.807, 2.05) is 0 Å². The van der Waals surface area contributed by atoms with E-state index in [1.54, 1.807) is 13.8 Å². The van der Waals surface area contributed by atoms with Gasteiger partial charge in [-0.2, -0.15) is 0 Å². The quantitative estimate of drug-likeness (QED) is 0.642. The SMILES string of the molecule is CCOC(=O)[C@]1(O)CC[C@]2(C)O[C@@H]3[C@@H](O)CO[C@]31O2. The van der Waals surface area contributed by atoms with Crippen molar-refractivity contribution in [2.24, 2.45) is 0 Å². The number of ether oxygens (including phenoxy) is 4. The van der Waals surface area contributed by atoms with E-state index in [0.717, 1.165) is 0 Å². The van der Waals surface area contributed by atoms with Gasteiger partial charge in [-0.25, -0.2) is 4.79 Å². The molecule has 3 heterocycles. The van der Waals surface area contributed by atoms with E-state index in [4.69, 9.17) is 18.9 Å². The van der Waals surface area contributed by atoms with Crippen LogP contribution in [0.4, 0.5) is 0 Å². The van der Waals surface area contributed by atoms with E-state index in [2.05, 4.69) is 0 Å². The minimum Gasteiger partial charge on any atom is -0.464 e. The first-order valence-corrected chi connectivity index (χ1v) is 6.46. The van der Waals surface area contributed by atoms with Crippen molar-refractivity contribution in [3.8, 4) is 0 Å². The Hall–Kier alpha value is -0.730. The van der Waals surface area contributed by atoms with Crippen LogP contribution in [0.15, 0.2) is 0 Å². The Kier molecular flexibility index (Phi) is 2.72. The maximum absolute atomic E-state index is 12.1. The summed E-state index contributed by atoms with van der Waals surface area (Å²) in [6.07, 6.45) is -1.42. The van der Waals surface area contributed by atoms with Gasteiger partial charge in [0.1, 0.15) is 12.2 Å². The molecule has 0 aromatic rings. The maximum atomic E-state index is 12.1. The molecule has 7 heteroatoms. The minimum absolute atomic E-state index is 0.0531. The summed E-state index contributed by atoms with van der Waals surface area (Å²) in [6, 6.07) is 0. The lowest BCUT2D eigenvalue weighted by atomic mass is 9.82. The Morgan fingerprint density at radius 3 is 2.89 bits per heavy atom. The van der Waals surface area contributed by atoms with Gasteiger partial charge in [0.05, 0.1) is 13.2 Å². The molecular formula is C12H18O7. The molecule has 3 aliphatic heterocycles. The third-order valence-electron chi connectivity index (χ3n) is 4.07. The molecule has 0 saturated carbocycles. The average Bonchev–Trinajstić information content (AvgIpc) is 2.79. The zero-order chi connectivity index (χ0) is 13.9. The van der Waals surface area contributed by atoms with Crippen LogP contribution in [-0.4, -0.2) is 58.8 Å². The summed E-state index contributed by atoms with van der Waals surface area (Å²) >= 11 is 0. The standard InChI is InChI=1S/C12H18O7/c1-3-16-9(14)11(15)5-4-10(2)18-8-7(13)6-17-12(8,11)19-10/h7-8,13,15H,3-6H2,1-2H3/t7-,8+,10+,11+,12-/m0/s1. The largest absolute Gasteiger partial charge is 0.464 e. The van der Waals surface area contributed by atoms with E-state index < -0.39 is 35.4 Å². The summed E-state index contributed by atoms with van der Waals surface area (Å²) in [5, 5.41) is 20.6. The third-order valence-corrected chi connectivity index (χ3v) is 4.07. The number of esters is 1. The number of fused-ring (bicyclic) bond motifs is 1. The van der Waals surface area contributed by atoms with Crippen LogP contribution < -0.4 is 0 Å². The maximum Gasteiger partial charge on any atom is 0.344 e. The number of hydrogen-bond acceptors (Lipinski definition) is 7. The molecular weight excluding hydrogens is 256 g/mol. The predicted octanol–water partition coefficient (Wildman–Crippen LogP) is -0.707. The molecule has 0 aromatic heterocycles. The van der Waals surface area contributed by atoms with E-state index in [-0.39, 0.29) is 19.6 Å². The van der Waals surface area contributed by atoms with Crippen molar-refractivity contribution >= 4 is 5.97 Å². The van der Waals surface area contributed by atoms with Gasteiger partial charge in [0.25, 0.3) is 0 Å². The van der Waals surface area contributed by atoms with E-state index in [0.29, 0.717) is 6.42 Å². The Morgan fingerprint density at radius 1 is 1.47 bits per heavy atom. The van der Waals surface area contributed by atoms with Gasteiger partial charge in [0.2, 0.25) is 11.4 Å². The average molecular weight is 274 g/mol. The molecule has 1 spiro atoms. The smallest absolute Gasteiger partial charge is 0.344 e. The van der Waals surface area contributed by atoms with Gasteiger partial charge in [0, 0.05) is 6.42 Å². The van der Waals surface area contributed by atoms with E-state index >= 15 is 0 Å². The fourth-order valence-electron chi connectivity index (χ4n) is 3.12. The summed E-state index contributed by atoms with van der Waals surface area (Å²) < 4.78 is 21.7. The van der Waals surface area contributed by atoms with Crippen molar-refractivity contribution in [2.45, 2.75) is 56.1 Å². The molecule has 19 heavy (non-hydrogen) atoms. The molecule has 2 N–H and O–H groups in total. The number of carbonyl (C=O) groups is 1. The Bertz CT molecular complexity index is 413. The fourth-order valence-corrected chi connectivity index (χ4v) is 3.12. The van der Waals surface area contributed by atoms with Crippen molar-refractivity contribution in [1.82, 2.24) is 0 Å². The van der Waals surface area contributed by atoms with Crippen molar-refractivity contribution in [3.63, 3.8) is 0 Å². The van der Waals surface area contributed by atoms with Gasteiger partial charge in [-0.1, -0.05) is 0 Å². The van der Waals surface area contributed by atoms with Crippen molar-refractivity contribution in [3.05, 3.63) is 0 Å². The number of hydrogen-bond donors (Lipinski definition) is 2. The molecule has 5 atom stereocenters. The van der Waals surface area contributed by atoms with Crippen molar-refractivity contribution in [1.29, 1.82) is 0 Å². The first-order valence-electron chi connectivity index (χ1n) is 6.46. The normalized spacial score (nSPS) is 52.0. The highest BCUT2D eigenvalue weighted by Gasteiger charge is 2.77. The van der Waals surface area contributed by atoms with Crippen LogP contribution >= 0.6 is 0 Å². The monoisotopic (exact) mass is 274 g/mol. The second-order valence-electron chi connectivity index (χ2n) is 5.40. The molecule has 108 valence electrons. The summed E-state index contributed by atoms with van der Waals surface area (Å²) in [7, 11) is 0. The van der Waals surface area contributed by atoms with Gasteiger partial charge in [0.15, 0.2) is 5.79 Å². The number of aliphatic hydroxyl groups is 2. The molecule has 3 saturated heterocycles. The highest BCUT2D eigenvalue weighted by molar-refractivity contribution is 5.81. The van der Waals surface area contributed by atoms with Crippen LogP contribution in [0, 0.1) is 0 Å². The zero-order valence-corrected chi connectivity index (χ0v) is 10.9. The van der Waals surface area contributed by atoms with Gasteiger partial charge < -0.3 is 29.2 Å². The lowest BCUT2D eigenvalue weighted by Gasteiger charge is -2.44. The Balaban J connectivity index is 2.01. The number of rotatable bonds is 2. The van der Waals surface area contributed by atoms with Gasteiger partial charge in [-0.15, -0.1) is 0 Å². The number of aliphatic hydroxyl groups excluding tert-OH is 1. The molecule has 3 rings (SSSR count). The second kappa shape index (κ2) is 3.89. The first-order chi connectivity index (χ1) is 8.87. The summed E-state index contributed by atoms with van der Waals surface area (Å²) in [5.74, 6) is -3.43. The fraction of sp³-hybridized carbons (Fsp3) is 0.917. The summed E-state index contributed by atoms with van der Waals surface area (Å²) in [4.78, 5) is 12.1. The highest BCUT2D eigenvalue weighted by Crippen LogP contribution is 2.56. The molecule has 0 aliphatic carbocycles. The molecule has 2 bridgehead atoms. The summed E-state index contributed by atoms with van der Waals surface area (Å²) in [6.45, 7) is 3.44. The molecule has 3 fully saturated rings. The minimum atomic E-state index is -1.96.